The first kappa shape index (κ1) is 21.7. The van der Waals surface area contributed by atoms with Gasteiger partial charge in [0, 0.05) is 29.5 Å². The van der Waals surface area contributed by atoms with Gasteiger partial charge in [-0.05, 0) is 62.4 Å². The lowest BCUT2D eigenvalue weighted by atomic mass is 9.98. The number of aromatic nitrogens is 8. The van der Waals surface area contributed by atoms with Crippen molar-refractivity contribution in [3.05, 3.63) is 67.1 Å². The lowest BCUT2D eigenvalue weighted by molar-refractivity contribution is 0.154. The maximum atomic E-state index is 6.26. The number of pyridine rings is 2. The number of nitrogens with one attached hydrogen (secondary N) is 2. The van der Waals surface area contributed by atoms with Crippen LogP contribution in [0.15, 0.2) is 61.4 Å². The predicted molar refractivity (Wildman–Crippen MR) is 142 cm³/mol. The van der Waals surface area contributed by atoms with E-state index < -0.39 is 0 Å². The Bertz CT molecular complexity index is 1720. The molecule has 1 aliphatic rings. The highest BCUT2D eigenvalue weighted by molar-refractivity contribution is 5.96. The van der Waals surface area contributed by atoms with Gasteiger partial charge in [-0.2, -0.15) is 5.10 Å². The van der Waals surface area contributed by atoms with Crippen LogP contribution in [0.4, 0.5) is 0 Å². The quantitative estimate of drug-likeness (QED) is 0.317. The zero-order valence-corrected chi connectivity index (χ0v) is 20.5. The summed E-state index contributed by atoms with van der Waals surface area (Å²) < 4.78 is 8.14. The van der Waals surface area contributed by atoms with Gasteiger partial charge in [-0.15, -0.1) is 0 Å². The monoisotopic (exact) mass is 490 g/mol. The van der Waals surface area contributed by atoms with Crippen LogP contribution < -0.4 is 4.74 Å². The van der Waals surface area contributed by atoms with E-state index in [1.165, 1.54) is 19.3 Å². The second-order valence-electron chi connectivity index (χ2n) is 9.66. The number of aryl methyl sites for hydroxylation is 1. The lowest BCUT2D eigenvalue weighted by Crippen LogP contribution is -2.19. The summed E-state index contributed by atoms with van der Waals surface area (Å²) in [6.07, 6.45) is 15.4. The molecule has 9 nitrogen and oxygen atoms in total. The number of hydrogen-bond donors (Lipinski definition) is 2. The van der Waals surface area contributed by atoms with Gasteiger partial charge in [0.2, 0.25) is 0 Å². The lowest BCUT2D eigenvalue weighted by Gasteiger charge is -2.23. The molecule has 5 aromatic heterocycles. The van der Waals surface area contributed by atoms with Crippen molar-refractivity contribution in [2.75, 3.05) is 0 Å². The summed E-state index contributed by atoms with van der Waals surface area (Å²) >= 11 is 0. The molecule has 0 unspecified atom stereocenters. The normalized spacial score (nSPS) is 14.5. The van der Waals surface area contributed by atoms with Crippen molar-refractivity contribution in [1.29, 1.82) is 0 Å². The Hall–Kier alpha value is -4.53. The van der Waals surface area contributed by atoms with E-state index in [1.54, 1.807) is 12.5 Å². The third-order valence-electron chi connectivity index (χ3n) is 7.03. The smallest absolute Gasteiger partial charge is 0.166 e. The summed E-state index contributed by atoms with van der Waals surface area (Å²) in [5.41, 5.74) is 6.31. The van der Waals surface area contributed by atoms with Gasteiger partial charge in [-0.3, -0.25) is 14.6 Å². The summed E-state index contributed by atoms with van der Waals surface area (Å²) in [5, 5.41) is 8.72. The van der Waals surface area contributed by atoms with Gasteiger partial charge in [-0.25, -0.2) is 15.0 Å². The molecule has 1 saturated carbocycles. The van der Waals surface area contributed by atoms with Crippen molar-refractivity contribution in [3.8, 4) is 34.2 Å². The Morgan fingerprint density at radius 1 is 0.973 bits per heavy atom. The van der Waals surface area contributed by atoms with Crippen LogP contribution in [0.1, 0.15) is 37.8 Å². The number of rotatable bonds is 5. The number of fused-ring (bicyclic) bond motifs is 2. The molecule has 1 aliphatic carbocycles. The van der Waals surface area contributed by atoms with Crippen molar-refractivity contribution in [2.45, 2.75) is 45.1 Å². The van der Waals surface area contributed by atoms with E-state index in [4.69, 9.17) is 9.72 Å². The number of ether oxygens (including phenoxy) is 1. The topological polar surface area (TPSA) is 110 Å². The molecule has 0 aliphatic heterocycles. The molecule has 7 rings (SSSR count). The number of hydrogen-bond acceptors (Lipinski definition) is 6. The molecule has 5 heterocycles. The molecule has 0 atom stereocenters. The number of imidazole rings is 2. The molecular formula is C28H26N8O. The van der Waals surface area contributed by atoms with Crippen molar-refractivity contribution >= 4 is 21.9 Å². The highest BCUT2D eigenvalue weighted by Crippen LogP contribution is 2.32. The van der Waals surface area contributed by atoms with E-state index in [-0.39, 0.29) is 6.10 Å². The molecule has 0 bridgehead atoms. The molecular weight excluding hydrogens is 464 g/mol. The van der Waals surface area contributed by atoms with Gasteiger partial charge < -0.3 is 9.72 Å². The minimum Gasteiger partial charge on any atom is -0.489 e. The zero-order valence-electron chi connectivity index (χ0n) is 20.5. The van der Waals surface area contributed by atoms with E-state index in [0.717, 1.165) is 68.9 Å². The fourth-order valence-corrected chi connectivity index (χ4v) is 5.15. The summed E-state index contributed by atoms with van der Waals surface area (Å²) in [6.45, 7) is 1.95. The second-order valence-corrected chi connectivity index (χ2v) is 9.66. The van der Waals surface area contributed by atoms with Crippen LogP contribution >= 0.6 is 0 Å². The minimum absolute atomic E-state index is 0.285. The minimum atomic E-state index is 0.285. The molecule has 0 radical (unpaired) electrons. The molecule has 6 aromatic rings. The standard InChI is InChI=1S/C28H26N8O/c1-17-15-36(16-31-17)28-26-24(9-10-30-28)32-27(33-26)25-22-12-18(7-8-23(22)34-35-25)19-11-21(14-29-13-19)37-20-5-3-2-4-6-20/h7-16,20H,2-6H2,1H3,(H,32,33)(H,34,35). The van der Waals surface area contributed by atoms with E-state index >= 15 is 0 Å². The summed E-state index contributed by atoms with van der Waals surface area (Å²) in [4.78, 5) is 21.6. The first-order valence-electron chi connectivity index (χ1n) is 12.7. The van der Waals surface area contributed by atoms with Crippen LogP contribution in [0.3, 0.4) is 0 Å². The van der Waals surface area contributed by atoms with Crippen molar-refractivity contribution in [3.63, 3.8) is 0 Å². The first-order valence-corrected chi connectivity index (χ1v) is 12.7. The molecule has 0 amide bonds. The summed E-state index contributed by atoms with van der Waals surface area (Å²) in [5.74, 6) is 2.22. The fraction of sp³-hybridized carbons (Fsp3) is 0.250. The maximum Gasteiger partial charge on any atom is 0.166 e. The number of nitrogens with zero attached hydrogens (tertiary/aromatic N) is 6. The number of aromatic amines is 2. The predicted octanol–water partition coefficient (Wildman–Crippen LogP) is 5.77. The largest absolute Gasteiger partial charge is 0.489 e. The molecule has 1 fully saturated rings. The molecule has 184 valence electrons. The Morgan fingerprint density at radius 2 is 1.89 bits per heavy atom. The van der Waals surface area contributed by atoms with Crippen molar-refractivity contribution < 1.29 is 4.74 Å². The average Bonchev–Trinajstić information content (AvgIpc) is 3.66. The molecule has 2 N–H and O–H groups in total. The van der Waals surface area contributed by atoms with Gasteiger partial charge in [0.15, 0.2) is 11.6 Å². The van der Waals surface area contributed by atoms with Crippen LogP contribution in [0.25, 0.3) is 50.4 Å². The SMILES string of the molecule is Cc1cn(-c2nccc3[nH]c(-c4n[nH]c5ccc(-c6cncc(OC7CCCCC7)c6)cc45)nc23)cn1. The second kappa shape index (κ2) is 8.85. The molecule has 0 spiro atoms. The van der Waals surface area contributed by atoms with E-state index in [2.05, 4.69) is 48.3 Å². The third kappa shape index (κ3) is 4.02. The Labute approximate surface area is 213 Å². The van der Waals surface area contributed by atoms with Gasteiger partial charge in [0.25, 0.3) is 0 Å². The van der Waals surface area contributed by atoms with Gasteiger partial charge in [0.05, 0.1) is 29.0 Å². The van der Waals surface area contributed by atoms with E-state index in [1.807, 2.05) is 42.2 Å². The summed E-state index contributed by atoms with van der Waals surface area (Å²) in [6, 6.07) is 10.2. The maximum absolute atomic E-state index is 6.26. The zero-order chi connectivity index (χ0) is 24.8. The van der Waals surface area contributed by atoms with Gasteiger partial charge in [-0.1, -0.05) is 12.5 Å². The van der Waals surface area contributed by atoms with Crippen molar-refractivity contribution in [1.82, 2.24) is 39.7 Å². The average molecular weight is 491 g/mol. The Morgan fingerprint density at radius 3 is 2.76 bits per heavy atom. The van der Waals surface area contributed by atoms with Crippen LogP contribution in [-0.4, -0.2) is 45.8 Å². The molecule has 1 aromatic carbocycles. The Kier molecular flexibility index (Phi) is 5.20. The summed E-state index contributed by atoms with van der Waals surface area (Å²) in [7, 11) is 0. The Balaban J connectivity index is 1.26. The first-order chi connectivity index (χ1) is 18.2. The van der Waals surface area contributed by atoms with E-state index in [9.17, 15) is 0 Å². The van der Waals surface area contributed by atoms with Crippen LogP contribution in [0.5, 0.6) is 5.75 Å². The van der Waals surface area contributed by atoms with Crippen molar-refractivity contribution in [2.24, 2.45) is 0 Å². The van der Waals surface area contributed by atoms with E-state index in [0.29, 0.717) is 5.82 Å². The fourth-order valence-electron chi connectivity index (χ4n) is 5.15. The van der Waals surface area contributed by atoms with Crippen LogP contribution in [0, 0.1) is 6.92 Å². The molecule has 0 saturated heterocycles. The molecule has 37 heavy (non-hydrogen) atoms. The van der Waals surface area contributed by atoms with Crippen LogP contribution in [-0.2, 0) is 0 Å². The highest BCUT2D eigenvalue weighted by atomic mass is 16.5. The number of H-pyrrole nitrogens is 2. The van der Waals surface area contributed by atoms with Gasteiger partial charge >= 0.3 is 0 Å². The van der Waals surface area contributed by atoms with Gasteiger partial charge in [0.1, 0.15) is 23.3 Å². The third-order valence-corrected chi connectivity index (χ3v) is 7.03. The molecule has 9 heteroatoms. The number of benzene rings is 1. The van der Waals surface area contributed by atoms with Crippen LogP contribution in [0.2, 0.25) is 0 Å². The highest BCUT2D eigenvalue weighted by Gasteiger charge is 2.18.